The molecule has 0 unspecified atom stereocenters. The summed E-state index contributed by atoms with van der Waals surface area (Å²) in [6.07, 6.45) is 0.879. The minimum absolute atomic E-state index is 0.00405. The maximum atomic E-state index is 14.7. The fourth-order valence-corrected chi connectivity index (χ4v) is 6.83. The van der Waals surface area contributed by atoms with Gasteiger partial charge in [-0.3, -0.25) is 13.9 Å². The van der Waals surface area contributed by atoms with Crippen LogP contribution in [0.2, 0.25) is 10.0 Å². The van der Waals surface area contributed by atoms with E-state index in [9.17, 15) is 18.0 Å². The number of hydrogen-bond acceptors (Lipinski definition) is 5. The van der Waals surface area contributed by atoms with Gasteiger partial charge >= 0.3 is 0 Å². The summed E-state index contributed by atoms with van der Waals surface area (Å²) in [5, 5.41) is 3.74. The number of carbonyl (C=O) groups excluding carboxylic acids is 2. The van der Waals surface area contributed by atoms with Gasteiger partial charge in [-0.1, -0.05) is 90.3 Å². The van der Waals surface area contributed by atoms with Crippen LogP contribution in [0, 0.1) is 6.92 Å². The van der Waals surface area contributed by atoms with E-state index in [0.717, 1.165) is 15.4 Å². The molecule has 8 nitrogen and oxygen atoms in total. The molecule has 0 aromatic heterocycles. The van der Waals surface area contributed by atoms with Crippen LogP contribution in [0.1, 0.15) is 37.0 Å². The Balaban J connectivity index is 1.86. The molecule has 4 aromatic rings. The summed E-state index contributed by atoms with van der Waals surface area (Å²) < 4.78 is 35.2. The van der Waals surface area contributed by atoms with E-state index in [4.69, 9.17) is 27.9 Å². The summed E-state index contributed by atoms with van der Waals surface area (Å²) >= 11 is 12.7. The number of halogens is 2. The van der Waals surface area contributed by atoms with Crippen LogP contribution in [0.4, 0.5) is 5.69 Å². The zero-order chi connectivity index (χ0) is 34.1. The molecule has 2 atom stereocenters. The van der Waals surface area contributed by atoms with Crippen LogP contribution < -0.4 is 14.4 Å². The van der Waals surface area contributed by atoms with E-state index in [1.54, 1.807) is 48.5 Å². The lowest BCUT2D eigenvalue weighted by Gasteiger charge is -2.34. The Morgan fingerprint density at radius 1 is 0.872 bits per heavy atom. The van der Waals surface area contributed by atoms with Crippen molar-refractivity contribution in [1.29, 1.82) is 0 Å². The van der Waals surface area contributed by atoms with Gasteiger partial charge < -0.3 is 15.0 Å². The number of nitrogens with one attached hydrogen (secondary N) is 1. The van der Waals surface area contributed by atoms with Crippen LogP contribution in [-0.4, -0.2) is 50.9 Å². The molecule has 0 aliphatic heterocycles. The summed E-state index contributed by atoms with van der Waals surface area (Å²) in [6.45, 7) is 5.05. The third-order valence-corrected chi connectivity index (χ3v) is 10.1. The second-order valence-electron chi connectivity index (χ2n) is 11.3. The molecule has 4 rings (SSSR count). The summed E-state index contributed by atoms with van der Waals surface area (Å²) in [5.74, 6) is -0.760. The number of ether oxygens (including phenoxy) is 1. The molecule has 2 amide bonds. The van der Waals surface area contributed by atoms with Crippen molar-refractivity contribution in [2.75, 3.05) is 18.0 Å². The van der Waals surface area contributed by atoms with E-state index < -0.39 is 28.5 Å². The third kappa shape index (κ3) is 9.28. The quantitative estimate of drug-likeness (QED) is 0.152. The first-order valence-corrected chi connectivity index (χ1v) is 17.4. The lowest BCUT2D eigenvalue weighted by molar-refractivity contribution is -0.140. The number of benzene rings is 4. The highest BCUT2D eigenvalue weighted by Gasteiger charge is 2.36. The van der Waals surface area contributed by atoms with Crippen LogP contribution in [0.5, 0.6) is 5.75 Å². The molecule has 0 aliphatic rings. The van der Waals surface area contributed by atoms with Crippen molar-refractivity contribution in [1.82, 2.24) is 10.2 Å². The van der Waals surface area contributed by atoms with E-state index in [1.807, 2.05) is 51.1 Å². The molecular weight excluding hydrogens is 657 g/mol. The largest absolute Gasteiger partial charge is 0.495 e. The van der Waals surface area contributed by atoms with Crippen molar-refractivity contribution in [2.24, 2.45) is 0 Å². The highest BCUT2D eigenvalue weighted by atomic mass is 35.5. The van der Waals surface area contributed by atoms with Gasteiger partial charge in [-0.25, -0.2) is 8.42 Å². The van der Waals surface area contributed by atoms with Gasteiger partial charge in [0.05, 0.1) is 17.7 Å². The Hall–Kier alpha value is -4.05. The predicted molar refractivity (Wildman–Crippen MR) is 188 cm³/mol. The summed E-state index contributed by atoms with van der Waals surface area (Å²) in [5.41, 5.74) is 2.46. The van der Waals surface area contributed by atoms with Gasteiger partial charge in [-0.2, -0.15) is 0 Å². The Morgan fingerprint density at radius 3 is 2.17 bits per heavy atom. The normalized spacial score (nSPS) is 12.6. The zero-order valence-corrected chi connectivity index (χ0v) is 29.1. The molecule has 1 N–H and O–H groups in total. The monoisotopic (exact) mass is 695 g/mol. The third-order valence-electron chi connectivity index (χ3n) is 7.81. The highest BCUT2D eigenvalue weighted by Crippen LogP contribution is 2.35. The predicted octanol–water partition coefficient (Wildman–Crippen LogP) is 7.06. The molecule has 248 valence electrons. The number of sulfonamides is 1. The van der Waals surface area contributed by atoms with Gasteiger partial charge in [0.2, 0.25) is 11.8 Å². The van der Waals surface area contributed by atoms with Crippen molar-refractivity contribution in [2.45, 2.75) is 57.1 Å². The van der Waals surface area contributed by atoms with Gasteiger partial charge in [0.25, 0.3) is 10.0 Å². The van der Waals surface area contributed by atoms with Gasteiger partial charge in [0.15, 0.2) is 0 Å². The molecule has 0 radical (unpaired) electrons. The molecule has 0 heterocycles. The zero-order valence-electron chi connectivity index (χ0n) is 26.8. The van der Waals surface area contributed by atoms with Crippen LogP contribution in [0.15, 0.2) is 102 Å². The van der Waals surface area contributed by atoms with Gasteiger partial charge in [-0.15, -0.1) is 0 Å². The molecule has 0 saturated heterocycles. The van der Waals surface area contributed by atoms with Crippen molar-refractivity contribution in [3.8, 4) is 5.75 Å². The number of aryl methyl sites for hydroxylation is 1. The van der Waals surface area contributed by atoms with Crippen molar-refractivity contribution >= 4 is 50.7 Å². The van der Waals surface area contributed by atoms with Crippen molar-refractivity contribution in [3.63, 3.8) is 0 Å². The van der Waals surface area contributed by atoms with E-state index >= 15 is 0 Å². The number of nitrogens with zero attached hydrogens (tertiary/aromatic N) is 2. The Morgan fingerprint density at radius 2 is 1.53 bits per heavy atom. The first kappa shape index (κ1) is 35.8. The molecule has 0 spiro atoms. The average molecular weight is 697 g/mol. The lowest BCUT2D eigenvalue weighted by atomic mass is 10.0. The Labute approximate surface area is 287 Å². The SMILES string of the molecule is CC[C@H](C)NC(=O)[C@@H](Cc1ccccc1)N(Cc1cccc(Cl)c1)C(=O)CN(c1cc(Cl)ccc1OC)S(=O)(=O)c1ccc(C)cc1. The van der Waals surface area contributed by atoms with E-state index in [1.165, 1.54) is 30.2 Å². The maximum Gasteiger partial charge on any atom is 0.264 e. The Kier molecular flexibility index (Phi) is 12.3. The number of amides is 2. The molecule has 0 saturated carbocycles. The standard InChI is InChI=1S/C36H39Cl2N3O5S/c1-5-26(3)39-36(43)33(21-27-10-7-6-8-11-27)40(23-28-12-9-13-29(37)20-28)35(42)24-41(32-22-30(38)16-19-34(32)46-4)47(44,45)31-17-14-25(2)15-18-31/h6-20,22,26,33H,5,21,23-24H2,1-4H3,(H,39,43)/t26-,33+/m0/s1. The van der Waals surface area contributed by atoms with Gasteiger partial charge in [0.1, 0.15) is 18.3 Å². The van der Waals surface area contributed by atoms with Crippen molar-refractivity contribution in [3.05, 3.63) is 124 Å². The molecule has 47 heavy (non-hydrogen) atoms. The summed E-state index contributed by atoms with van der Waals surface area (Å²) in [4.78, 5) is 30.0. The maximum absolute atomic E-state index is 14.7. The fourth-order valence-electron chi connectivity index (χ4n) is 5.04. The highest BCUT2D eigenvalue weighted by molar-refractivity contribution is 7.92. The molecular formula is C36H39Cl2N3O5S. The minimum atomic E-state index is -4.33. The fraction of sp³-hybridized carbons (Fsp3) is 0.278. The van der Waals surface area contributed by atoms with Crippen LogP contribution in [-0.2, 0) is 32.6 Å². The van der Waals surface area contributed by atoms with E-state index in [2.05, 4.69) is 5.32 Å². The van der Waals surface area contributed by atoms with Crippen LogP contribution in [0.25, 0.3) is 0 Å². The topological polar surface area (TPSA) is 96.0 Å². The number of carbonyl (C=O) groups is 2. The average Bonchev–Trinajstić information content (AvgIpc) is 3.05. The van der Waals surface area contributed by atoms with E-state index in [0.29, 0.717) is 17.0 Å². The number of anilines is 1. The van der Waals surface area contributed by atoms with Crippen LogP contribution in [0.3, 0.4) is 0 Å². The number of methoxy groups -OCH3 is 1. The van der Waals surface area contributed by atoms with E-state index in [-0.39, 0.29) is 46.3 Å². The molecule has 11 heteroatoms. The Bertz CT molecular complexity index is 1790. The summed E-state index contributed by atoms with van der Waals surface area (Å²) in [7, 11) is -2.92. The van der Waals surface area contributed by atoms with Crippen molar-refractivity contribution < 1.29 is 22.7 Å². The van der Waals surface area contributed by atoms with Crippen LogP contribution >= 0.6 is 23.2 Å². The number of hydrogen-bond donors (Lipinski definition) is 1. The first-order chi connectivity index (χ1) is 22.4. The minimum Gasteiger partial charge on any atom is -0.495 e. The molecule has 0 aliphatic carbocycles. The first-order valence-electron chi connectivity index (χ1n) is 15.2. The number of rotatable bonds is 14. The molecule has 0 bridgehead atoms. The smallest absolute Gasteiger partial charge is 0.264 e. The second-order valence-corrected chi connectivity index (χ2v) is 14.1. The van der Waals surface area contributed by atoms with Gasteiger partial charge in [0, 0.05) is 29.1 Å². The molecule has 4 aromatic carbocycles. The molecule has 0 fully saturated rings. The summed E-state index contributed by atoms with van der Waals surface area (Å²) in [6, 6.07) is 26.1. The van der Waals surface area contributed by atoms with Gasteiger partial charge in [-0.05, 0) is 73.9 Å². The second kappa shape index (κ2) is 16.2. The lowest BCUT2D eigenvalue weighted by Crippen LogP contribution is -2.54.